The summed E-state index contributed by atoms with van der Waals surface area (Å²) in [5.41, 5.74) is 1.46. The first-order valence-corrected chi connectivity index (χ1v) is 7.56. The molecule has 0 bridgehead atoms. The third-order valence-corrected chi connectivity index (χ3v) is 4.00. The summed E-state index contributed by atoms with van der Waals surface area (Å²) in [4.78, 5) is 4.79. The molecule has 4 rings (SSSR count). The van der Waals surface area contributed by atoms with E-state index in [1.807, 2.05) is 48.5 Å². The lowest BCUT2D eigenvalue weighted by Crippen LogP contribution is -2.30. The summed E-state index contributed by atoms with van der Waals surface area (Å²) >= 11 is 0. The molecule has 0 saturated carbocycles. The van der Waals surface area contributed by atoms with Gasteiger partial charge in [0.25, 0.3) is 0 Å². The lowest BCUT2D eigenvalue weighted by atomic mass is 9.81. The van der Waals surface area contributed by atoms with Crippen LogP contribution >= 0.6 is 0 Å². The van der Waals surface area contributed by atoms with Crippen molar-refractivity contribution in [3.63, 3.8) is 0 Å². The van der Waals surface area contributed by atoms with E-state index >= 15 is 0 Å². The van der Waals surface area contributed by atoms with E-state index in [0.29, 0.717) is 19.3 Å². The van der Waals surface area contributed by atoms with E-state index < -0.39 is 5.54 Å². The maximum Gasteiger partial charge on any atom is 0.384 e. The highest BCUT2D eigenvalue weighted by atomic mass is 16.7. The first-order chi connectivity index (χ1) is 10.8. The van der Waals surface area contributed by atoms with Crippen molar-refractivity contribution in [2.45, 2.75) is 18.9 Å². The summed E-state index contributed by atoms with van der Waals surface area (Å²) in [6.07, 6.45) is 1.29. The van der Waals surface area contributed by atoms with Crippen LogP contribution in [0.25, 0.3) is 0 Å². The molecule has 2 aromatic carbocycles. The summed E-state index contributed by atoms with van der Waals surface area (Å²) in [6, 6.07) is 15.9. The van der Waals surface area contributed by atoms with E-state index in [1.54, 1.807) is 0 Å². The molecule has 1 spiro atoms. The van der Waals surface area contributed by atoms with Crippen LogP contribution in [-0.4, -0.2) is 19.3 Å². The van der Waals surface area contributed by atoms with Gasteiger partial charge in [0.05, 0.1) is 6.61 Å². The van der Waals surface area contributed by atoms with Gasteiger partial charge in [-0.25, -0.2) is 0 Å². The van der Waals surface area contributed by atoms with Crippen molar-refractivity contribution in [1.29, 1.82) is 0 Å². The monoisotopic (exact) mass is 295 g/mol. The third-order valence-electron chi connectivity index (χ3n) is 4.00. The fourth-order valence-corrected chi connectivity index (χ4v) is 2.98. The Labute approximate surface area is 129 Å². The van der Waals surface area contributed by atoms with E-state index in [1.165, 1.54) is 0 Å². The highest BCUT2D eigenvalue weighted by Crippen LogP contribution is 2.50. The summed E-state index contributed by atoms with van der Waals surface area (Å²) in [7, 11) is 0. The topological polar surface area (TPSA) is 40.0 Å². The number of hydrogen-bond donors (Lipinski definition) is 0. The molecule has 0 aliphatic carbocycles. The molecule has 2 aromatic rings. The maximum atomic E-state index is 6.01. The summed E-state index contributed by atoms with van der Waals surface area (Å²) in [6.45, 7) is 3.10. The second-order valence-electron chi connectivity index (χ2n) is 5.47. The van der Waals surface area contributed by atoms with Gasteiger partial charge in [0.2, 0.25) is 0 Å². The van der Waals surface area contributed by atoms with Crippen LogP contribution < -0.4 is 4.74 Å². The number of fused-ring (bicyclic) bond motifs is 4. The fraction of sp³-hybridized carbons (Fsp3) is 0.278. The van der Waals surface area contributed by atoms with Crippen molar-refractivity contribution >= 4 is 6.08 Å². The van der Waals surface area contributed by atoms with Gasteiger partial charge >= 0.3 is 6.08 Å². The zero-order valence-corrected chi connectivity index (χ0v) is 12.4. The molecule has 0 saturated heterocycles. The van der Waals surface area contributed by atoms with Gasteiger partial charge in [0, 0.05) is 11.1 Å². The maximum absolute atomic E-state index is 6.01. The Kier molecular flexibility index (Phi) is 3.03. The molecule has 22 heavy (non-hydrogen) atoms. The van der Waals surface area contributed by atoms with Crippen molar-refractivity contribution in [2.75, 3.05) is 13.2 Å². The average Bonchev–Trinajstić information content (AvgIpc) is 2.98. The molecule has 0 unspecified atom stereocenters. The minimum atomic E-state index is -0.575. The van der Waals surface area contributed by atoms with Crippen LogP contribution in [0.5, 0.6) is 11.5 Å². The molecule has 0 atom stereocenters. The normalized spacial score (nSPS) is 17.0. The number of ether oxygens (including phenoxy) is 3. The molecule has 4 heteroatoms. The molecule has 4 nitrogen and oxygen atoms in total. The van der Waals surface area contributed by atoms with Crippen molar-refractivity contribution in [1.82, 2.24) is 0 Å². The lowest BCUT2D eigenvalue weighted by Gasteiger charge is -2.32. The van der Waals surface area contributed by atoms with Crippen molar-refractivity contribution in [3.8, 4) is 11.5 Å². The van der Waals surface area contributed by atoms with Gasteiger partial charge in [-0.05, 0) is 18.6 Å². The van der Waals surface area contributed by atoms with Gasteiger partial charge in [0.1, 0.15) is 18.1 Å². The molecule has 0 N–H and O–H groups in total. The number of benzene rings is 2. The van der Waals surface area contributed by atoms with Gasteiger partial charge in [0.15, 0.2) is 5.54 Å². The Morgan fingerprint density at radius 2 is 1.68 bits per heavy atom. The van der Waals surface area contributed by atoms with Crippen LogP contribution in [0.3, 0.4) is 0 Å². The van der Waals surface area contributed by atoms with Crippen molar-refractivity contribution in [3.05, 3.63) is 59.7 Å². The standard InChI is InChI=1S/C18H17NO3/c1-2-11-20-17-19-18(12-21-17)13-7-3-5-9-15(13)22-16-10-6-4-8-14(16)18/h3-10H,2,11-12H2,1H3. The van der Waals surface area contributed by atoms with E-state index in [2.05, 4.69) is 6.92 Å². The van der Waals surface area contributed by atoms with Gasteiger partial charge < -0.3 is 14.2 Å². The second kappa shape index (κ2) is 5.05. The van der Waals surface area contributed by atoms with Crippen LogP contribution in [0, 0.1) is 0 Å². The summed E-state index contributed by atoms with van der Waals surface area (Å²) < 4.78 is 17.3. The Morgan fingerprint density at radius 3 is 2.32 bits per heavy atom. The Bertz CT molecular complexity index is 693. The van der Waals surface area contributed by atoms with Crippen LogP contribution in [-0.2, 0) is 15.0 Å². The second-order valence-corrected chi connectivity index (χ2v) is 5.47. The smallest absolute Gasteiger partial charge is 0.384 e. The lowest BCUT2D eigenvalue weighted by molar-refractivity contribution is 0.175. The van der Waals surface area contributed by atoms with E-state index in [4.69, 9.17) is 19.2 Å². The Balaban J connectivity index is 1.87. The largest absolute Gasteiger partial charge is 0.457 e. The predicted octanol–water partition coefficient (Wildman–Crippen LogP) is 3.85. The van der Waals surface area contributed by atoms with Crippen molar-refractivity contribution in [2.24, 2.45) is 4.99 Å². The van der Waals surface area contributed by atoms with Crippen LogP contribution in [0.15, 0.2) is 53.5 Å². The average molecular weight is 295 g/mol. The van der Waals surface area contributed by atoms with E-state index in [0.717, 1.165) is 29.0 Å². The zero-order chi connectivity index (χ0) is 15.0. The van der Waals surface area contributed by atoms with Gasteiger partial charge in [-0.15, -0.1) is 0 Å². The highest BCUT2D eigenvalue weighted by molar-refractivity contribution is 5.73. The first kappa shape index (κ1) is 13.2. The van der Waals surface area contributed by atoms with Crippen LogP contribution in [0.1, 0.15) is 24.5 Å². The number of nitrogens with zero attached hydrogens (tertiary/aromatic N) is 1. The predicted molar refractivity (Wildman–Crippen MR) is 83.4 cm³/mol. The molecule has 2 aliphatic heterocycles. The molecular formula is C18H17NO3. The molecular weight excluding hydrogens is 278 g/mol. The SMILES string of the molecule is CCCOC1=NC2(CO1)c1ccccc1Oc1ccccc12. The first-order valence-electron chi connectivity index (χ1n) is 7.56. The molecule has 0 aromatic heterocycles. The number of para-hydroxylation sites is 2. The fourth-order valence-electron chi connectivity index (χ4n) is 2.98. The van der Waals surface area contributed by atoms with Gasteiger partial charge in [-0.1, -0.05) is 43.3 Å². The van der Waals surface area contributed by atoms with Crippen LogP contribution in [0.4, 0.5) is 0 Å². The van der Waals surface area contributed by atoms with Crippen molar-refractivity contribution < 1.29 is 14.2 Å². The quantitative estimate of drug-likeness (QED) is 0.845. The van der Waals surface area contributed by atoms with Crippen LogP contribution in [0.2, 0.25) is 0 Å². The summed E-state index contributed by atoms with van der Waals surface area (Å²) in [5.74, 6) is 1.65. The molecule has 0 fully saturated rings. The molecule has 112 valence electrons. The summed E-state index contributed by atoms with van der Waals surface area (Å²) in [5, 5.41) is 0. The minimum Gasteiger partial charge on any atom is -0.457 e. The van der Waals surface area contributed by atoms with E-state index in [-0.39, 0.29) is 0 Å². The Hall–Kier alpha value is -2.49. The minimum absolute atomic E-state index is 0.369. The zero-order valence-electron chi connectivity index (χ0n) is 12.4. The molecule has 0 radical (unpaired) electrons. The number of rotatable bonds is 2. The third kappa shape index (κ3) is 1.87. The van der Waals surface area contributed by atoms with Gasteiger partial charge in [-0.3, -0.25) is 0 Å². The Morgan fingerprint density at radius 1 is 1.05 bits per heavy atom. The number of aliphatic imine (C=N–C) groups is 1. The molecule has 2 heterocycles. The van der Waals surface area contributed by atoms with Gasteiger partial charge in [-0.2, -0.15) is 4.99 Å². The molecule has 2 aliphatic rings. The molecule has 0 amide bonds. The van der Waals surface area contributed by atoms with E-state index in [9.17, 15) is 0 Å². The number of hydrogen-bond acceptors (Lipinski definition) is 4. The highest BCUT2D eigenvalue weighted by Gasteiger charge is 2.47.